The van der Waals surface area contributed by atoms with Gasteiger partial charge in [-0.15, -0.1) is 5.10 Å². The molecule has 1 atom stereocenters. The first-order chi connectivity index (χ1) is 12.5. The molecule has 0 aliphatic carbocycles. The van der Waals surface area contributed by atoms with E-state index in [-0.39, 0.29) is 12.6 Å². The number of aromatic nitrogens is 3. The van der Waals surface area contributed by atoms with Gasteiger partial charge in [0.1, 0.15) is 11.1 Å². The van der Waals surface area contributed by atoms with Gasteiger partial charge in [0.05, 0.1) is 12.1 Å². The van der Waals surface area contributed by atoms with Crippen LogP contribution in [0.4, 0.5) is 10.5 Å². The minimum absolute atomic E-state index is 0.224. The Hall–Kier alpha value is -2.93. The Morgan fingerprint density at radius 1 is 1.27 bits per heavy atom. The van der Waals surface area contributed by atoms with Crippen LogP contribution in [-0.2, 0) is 12.6 Å². The minimum Gasteiger partial charge on any atom is -0.383 e. The third-order valence-corrected chi connectivity index (χ3v) is 5.04. The summed E-state index contributed by atoms with van der Waals surface area (Å²) in [7, 11) is 1.82. The number of likely N-dealkylation sites (tertiary alicyclic amines) is 1. The van der Waals surface area contributed by atoms with Crippen LogP contribution in [0.5, 0.6) is 0 Å². The van der Waals surface area contributed by atoms with Crippen LogP contribution in [0.1, 0.15) is 17.5 Å². The zero-order valence-electron chi connectivity index (χ0n) is 14.8. The van der Waals surface area contributed by atoms with Crippen molar-refractivity contribution in [3.63, 3.8) is 0 Å². The van der Waals surface area contributed by atoms with Crippen LogP contribution >= 0.6 is 0 Å². The van der Waals surface area contributed by atoms with Crippen LogP contribution < -0.4 is 5.32 Å². The number of amides is 2. The normalized spacial score (nSPS) is 19.9. The smallest absolute Gasteiger partial charge is 0.321 e. The zero-order chi connectivity index (χ0) is 18.3. The predicted molar refractivity (Wildman–Crippen MR) is 98.8 cm³/mol. The van der Waals surface area contributed by atoms with Gasteiger partial charge in [0.2, 0.25) is 0 Å². The lowest BCUT2D eigenvalue weighted by Gasteiger charge is -2.25. The molecule has 1 aliphatic heterocycles. The first-order valence-electron chi connectivity index (χ1n) is 8.60. The fourth-order valence-corrected chi connectivity index (χ4v) is 3.60. The Bertz CT molecular complexity index is 983. The zero-order valence-corrected chi connectivity index (χ0v) is 14.8. The first-order valence-corrected chi connectivity index (χ1v) is 8.60. The van der Waals surface area contributed by atoms with Crippen molar-refractivity contribution in [1.82, 2.24) is 19.9 Å². The lowest BCUT2D eigenvalue weighted by molar-refractivity contribution is 0.0494. The number of hydrogen-bond acceptors (Lipinski definition) is 4. The van der Waals surface area contributed by atoms with E-state index >= 15 is 0 Å². The number of rotatable bonds is 2. The van der Waals surface area contributed by atoms with E-state index in [1.54, 1.807) is 15.6 Å². The monoisotopic (exact) mass is 351 g/mol. The highest BCUT2D eigenvalue weighted by atomic mass is 16.3. The van der Waals surface area contributed by atoms with E-state index in [4.69, 9.17) is 0 Å². The van der Waals surface area contributed by atoms with E-state index in [0.717, 1.165) is 22.2 Å². The summed E-state index contributed by atoms with van der Waals surface area (Å²) in [6, 6.07) is 13.0. The van der Waals surface area contributed by atoms with Gasteiger partial charge in [0.25, 0.3) is 0 Å². The molecular weight excluding hydrogens is 330 g/mol. The maximum Gasteiger partial charge on any atom is 0.321 e. The largest absolute Gasteiger partial charge is 0.383 e. The lowest BCUT2D eigenvalue weighted by atomic mass is 9.89. The van der Waals surface area contributed by atoms with Gasteiger partial charge < -0.3 is 15.3 Å². The average molecular weight is 351 g/mol. The molecule has 1 aliphatic rings. The molecule has 4 rings (SSSR count). The Labute approximate surface area is 151 Å². The summed E-state index contributed by atoms with van der Waals surface area (Å²) in [5, 5.41) is 21.9. The number of carbonyl (C=O) groups is 1. The molecule has 1 saturated heterocycles. The van der Waals surface area contributed by atoms with E-state index in [1.165, 1.54) is 0 Å². The second-order valence-corrected chi connectivity index (χ2v) is 6.86. The van der Waals surface area contributed by atoms with Crippen LogP contribution in [0, 0.1) is 6.92 Å². The van der Waals surface area contributed by atoms with Crippen LogP contribution in [0.2, 0.25) is 0 Å². The van der Waals surface area contributed by atoms with E-state index in [1.807, 2.05) is 50.4 Å². The molecule has 26 heavy (non-hydrogen) atoms. The second kappa shape index (κ2) is 6.10. The Morgan fingerprint density at radius 2 is 2.08 bits per heavy atom. The number of urea groups is 1. The topological polar surface area (TPSA) is 83.3 Å². The molecule has 2 heterocycles. The fourth-order valence-electron chi connectivity index (χ4n) is 3.60. The molecule has 2 aromatic carbocycles. The number of benzene rings is 2. The summed E-state index contributed by atoms with van der Waals surface area (Å²) in [6.45, 7) is 2.76. The number of aryl methyl sites for hydroxylation is 2. The molecule has 2 N–H and O–H groups in total. The maximum atomic E-state index is 12.6. The predicted octanol–water partition coefficient (Wildman–Crippen LogP) is 2.40. The molecular formula is C19H21N5O2. The number of carbonyl (C=O) groups excluding carboxylic acids is 1. The third-order valence-electron chi connectivity index (χ3n) is 5.04. The standard InChI is InChI=1S/C19H21N5O2/c1-13-5-3-4-6-15(13)19(26)9-10-24(12-19)18(25)20-14-7-8-17-16(11-14)21-22-23(17)2/h3-8,11,26H,9-10,12H2,1-2H3,(H,20,25)/t19-/m0/s1. The number of nitrogens with zero attached hydrogens (tertiary/aromatic N) is 4. The van der Waals surface area contributed by atoms with Crippen molar-refractivity contribution in [3.05, 3.63) is 53.6 Å². The number of nitrogens with one attached hydrogen (secondary N) is 1. The number of β-amino-alcohol motifs (C(OH)–C–C–N with tert-alkyl or cyclic N) is 1. The molecule has 0 unspecified atom stereocenters. The molecule has 7 heteroatoms. The molecule has 3 aromatic rings. The second-order valence-electron chi connectivity index (χ2n) is 6.86. The molecule has 1 fully saturated rings. The molecule has 0 radical (unpaired) electrons. The Kier molecular flexibility index (Phi) is 3.88. The summed E-state index contributed by atoms with van der Waals surface area (Å²) in [6.07, 6.45) is 0.522. The van der Waals surface area contributed by atoms with Crippen molar-refractivity contribution < 1.29 is 9.90 Å². The van der Waals surface area contributed by atoms with Gasteiger partial charge in [-0.05, 0) is 42.7 Å². The van der Waals surface area contributed by atoms with Gasteiger partial charge >= 0.3 is 6.03 Å². The van der Waals surface area contributed by atoms with Gasteiger partial charge in [-0.25, -0.2) is 9.48 Å². The molecule has 0 spiro atoms. The maximum absolute atomic E-state index is 12.6. The highest BCUT2D eigenvalue weighted by Gasteiger charge is 2.40. The van der Waals surface area contributed by atoms with E-state index < -0.39 is 5.60 Å². The van der Waals surface area contributed by atoms with Crippen molar-refractivity contribution >= 4 is 22.8 Å². The highest BCUT2D eigenvalue weighted by molar-refractivity contribution is 5.92. The molecule has 2 amide bonds. The van der Waals surface area contributed by atoms with Crippen molar-refractivity contribution in [3.8, 4) is 0 Å². The minimum atomic E-state index is -1.00. The van der Waals surface area contributed by atoms with Gasteiger partial charge in [-0.1, -0.05) is 29.5 Å². The lowest BCUT2D eigenvalue weighted by Crippen LogP contribution is -2.37. The van der Waals surface area contributed by atoms with Crippen molar-refractivity contribution in [2.75, 3.05) is 18.4 Å². The number of hydrogen-bond donors (Lipinski definition) is 2. The van der Waals surface area contributed by atoms with Crippen molar-refractivity contribution in [2.24, 2.45) is 7.05 Å². The van der Waals surface area contributed by atoms with Crippen LogP contribution in [0.3, 0.4) is 0 Å². The molecule has 0 saturated carbocycles. The Morgan fingerprint density at radius 3 is 2.88 bits per heavy atom. The van der Waals surface area contributed by atoms with Gasteiger partial charge in [0, 0.05) is 19.3 Å². The number of aliphatic hydroxyl groups is 1. The van der Waals surface area contributed by atoms with E-state index in [2.05, 4.69) is 15.6 Å². The summed E-state index contributed by atoms with van der Waals surface area (Å²) >= 11 is 0. The Balaban J connectivity index is 1.49. The summed E-state index contributed by atoms with van der Waals surface area (Å²) in [5.41, 5.74) is 3.20. The van der Waals surface area contributed by atoms with Crippen molar-refractivity contribution in [2.45, 2.75) is 18.9 Å². The van der Waals surface area contributed by atoms with Crippen molar-refractivity contribution in [1.29, 1.82) is 0 Å². The van der Waals surface area contributed by atoms with Crippen LogP contribution in [-0.4, -0.2) is 44.1 Å². The third kappa shape index (κ3) is 2.80. The average Bonchev–Trinajstić information content (AvgIpc) is 3.19. The quantitative estimate of drug-likeness (QED) is 0.743. The summed E-state index contributed by atoms with van der Waals surface area (Å²) in [5.74, 6) is 0. The number of fused-ring (bicyclic) bond motifs is 1. The van der Waals surface area contributed by atoms with Gasteiger partial charge in [0.15, 0.2) is 0 Å². The molecule has 134 valence electrons. The van der Waals surface area contributed by atoms with E-state index in [9.17, 15) is 9.90 Å². The molecule has 1 aromatic heterocycles. The fraction of sp³-hybridized carbons (Fsp3) is 0.316. The van der Waals surface area contributed by atoms with Crippen LogP contribution in [0.15, 0.2) is 42.5 Å². The first kappa shape index (κ1) is 16.5. The van der Waals surface area contributed by atoms with Crippen LogP contribution in [0.25, 0.3) is 11.0 Å². The highest BCUT2D eigenvalue weighted by Crippen LogP contribution is 2.34. The molecule has 7 nitrogen and oxygen atoms in total. The summed E-state index contributed by atoms with van der Waals surface area (Å²) < 4.78 is 1.68. The number of anilines is 1. The SMILES string of the molecule is Cc1ccccc1[C@]1(O)CCN(C(=O)Nc2ccc3c(c2)nnn3C)C1. The summed E-state index contributed by atoms with van der Waals surface area (Å²) in [4.78, 5) is 14.3. The van der Waals surface area contributed by atoms with Gasteiger partial charge in [-0.2, -0.15) is 0 Å². The van der Waals surface area contributed by atoms with Gasteiger partial charge in [-0.3, -0.25) is 0 Å². The molecule has 0 bridgehead atoms. The van der Waals surface area contributed by atoms with E-state index in [0.29, 0.717) is 18.7 Å².